The van der Waals surface area contributed by atoms with Crippen LogP contribution < -0.4 is 0 Å². The molecular formula is C12H24N2O2S2. The molecule has 0 aromatic carbocycles. The van der Waals surface area contributed by atoms with Gasteiger partial charge in [0.1, 0.15) is 0 Å². The monoisotopic (exact) mass is 292 g/mol. The number of piperidine rings is 1. The Morgan fingerprint density at radius 3 is 2.50 bits per heavy atom. The Kier molecular flexibility index (Phi) is 5.35. The SMILES string of the molecule is CS(=O)(=O)N1CCCSC[C@H]1CN1CCCCC1. The van der Waals surface area contributed by atoms with Gasteiger partial charge >= 0.3 is 0 Å². The molecule has 106 valence electrons. The maximum atomic E-state index is 11.9. The third-order valence-corrected chi connectivity index (χ3v) is 6.26. The molecule has 4 nitrogen and oxygen atoms in total. The Hall–Kier alpha value is 0.220. The fraction of sp³-hybridized carbons (Fsp3) is 1.00. The molecule has 2 heterocycles. The van der Waals surface area contributed by atoms with Crippen molar-refractivity contribution in [2.75, 3.05) is 43.9 Å². The summed E-state index contributed by atoms with van der Waals surface area (Å²) in [4.78, 5) is 2.44. The van der Waals surface area contributed by atoms with Crippen molar-refractivity contribution in [3.05, 3.63) is 0 Å². The second-order valence-electron chi connectivity index (χ2n) is 5.32. The lowest BCUT2D eigenvalue weighted by atomic mass is 10.1. The van der Waals surface area contributed by atoms with E-state index in [1.807, 2.05) is 11.8 Å². The molecule has 18 heavy (non-hydrogen) atoms. The van der Waals surface area contributed by atoms with Crippen molar-refractivity contribution in [3.63, 3.8) is 0 Å². The summed E-state index contributed by atoms with van der Waals surface area (Å²) in [6, 6.07) is 0.172. The standard InChI is InChI=1S/C12H24N2O2S2/c1-18(15,16)14-8-5-9-17-11-12(14)10-13-6-3-2-4-7-13/h12H,2-11H2,1H3/t12-/m1/s1. The molecule has 2 aliphatic rings. The van der Waals surface area contributed by atoms with E-state index in [0.29, 0.717) is 6.54 Å². The van der Waals surface area contributed by atoms with Crippen LogP contribution >= 0.6 is 11.8 Å². The summed E-state index contributed by atoms with van der Waals surface area (Å²) in [5.74, 6) is 2.03. The maximum absolute atomic E-state index is 11.9. The molecule has 0 spiro atoms. The highest BCUT2D eigenvalue weighted by atomic mass is 32.2. The number of hydrogen-bond acceptors (Lipinski definition) is 4. The summed E-state index contributed by atoms with van der Waals surface area (Å²) in [6.07, 6.45) is 6.18. The zero-order valence-corrected chi connectivity index (χ0v) is 12.8. The van der Waals surface area contributed by atoms with Gasteiger partial charge in [0.05, 0.1) is 6.26 Å². The first-order valence-electron chi connectivity index (χ1n) is 6.84. The van der Waals surface area contributed by atoms with Gasteiger partial charge in [-0.2, -0.15) is 16.1 Å². The minimum Gasteiger partial charge on any atom is -0.302 e. The first-order chi connectivity index (χ1) is 8.57. The molecule has 2 fully saturated rings. The molecule has 1 atom stereocenters. The molecule has 0 N–H and O–H groups in total. The van der Waals surface area contributed by atoms with E-state index in [1.54, 1.807) is 4.31 Å². The molecule has 0 unspecified atom stereocenters. The fourth-order valence-corrected chi connectivity index (χ4v) is 5.12. The van der Waals surface area contributed by atoms with Crippen molar-refractivity contribution in [1.29, 1.82) is 0 Å². The van der Waals surface area contributed by atoms with Crippen LogP contribution in [0.2, 0.25) is 0 Å². The summed E-state index contributed by atoms with van der Waals surface area (Å²) >= 11 is 1.90. The predicted molar refractivity (Wildman–Crippen MR) is 77.6 cm³/mol. The molecule has 0 aromatic rings. The zero-order chi connectivity index (χ0) is 13.0. The van der Waals surface area contributed by atoms with Gasteiger partial charge in [0.2, 0.25) is 10.0 Å². The van der Waals surface area contributed by atoms with Gasteiger partial charge in [0.15, 0.2) is 0 Å². The first-order valence-corrected chi connectivity index (χ1v) is 9.84. The highest BCUT2D eigenvalue weighted by Crippen LogP contribution is 2.21. The smallest absolute Gasteiger partial charge is 0.211 e. The van der Waals surface area contributed by atoms with E-state index >= 15 is 0 Å². The van der Waals surface area contributed by atoms with Gasteiger partial charge in [-0.25, -0.2) is 8.42 Å². The van der Waals surface area contributed by atoms with E-state index in [9.17, 15) is 8.42 Å². The Morgan fingerprint density at radius 1 is 1.11 bits per heavy atom. The molecule has 0 aliphatic carbocycles. The highest BCUT2D eigenvalue weighted by molar-refractivity contribution is 7.99. The van der Waals surface area contributed by atoms with Crippen LogP contribution in [-0.4, -0.2) is 67.6 Å². The van der Waals surface area contributed by atoms with E-state index < -0.39 is 10.0 Å². The topological polar surface area (TPSA) is 40.6 Å². The van der Waals surface area contributed by atoms with Crippen LogP contribution in [-0.2, 0) is 10.0 Å². The second-order valence-corrected chi connectivity index (χ2v) is 8.40. The van der Waals surface area contributed by atoms with E-state index in [1.165, 1.54) is 25.5 Å². The quantitative estimate of drug-likeness (QED) is 0.785. The minimum absolute atomic E-state index is 0.172. The normalized spacial score (nSPS) is 29.1. The van der Waals surface area contributed by atoms with Crippen LogP contribution in [0, 0.1) is 0 Å². The van der Waals surface area contributed by atoms with Gasteiger partial charge in [0.25, 0.3) is 0 Å². The molecule has 2 saturated heterocycles. The van der Waals surface area contributed by atoms with Crippen molar-refractivity contribution in [3.8, 4) is 0 Å². The molecule has 2 rings (SSSR count). The first kappa shape index (κ1) is 14.6. The molecular weight excluding hydrogens is 268 g/mol. The van der Waals surface area contributed by atoms with Gasteiger partial charge in [0, 0.05) is 24.9 Å². The average molecular weight is 292 g/mol. The van der Waals surface area contributed by atoms with E-state index in [4.69, 9.17) is 0 Å². The Labute approximate surface area is 115 Å². The van der Waals surface area contributed by atoms with Crippen molar-refractivity contribution in [2.24, 2.45) is 0 Å². The van der Waals surface area contributed by atoms with Gasteiger partial charge in [-0.05, 0) is 38.1 Å². The van der Waals surface area contributed by atoms with E-state index in [-0.39, 0.29) is 6.04 Å². The summed E-state index contributed by atoms with van der Waals surface area (Å²) in [7, 11) is -3.06. The van der Waals surface area contributed by atoms with Crippen LogP contribution in [0.1, 0.15) is 25.7 Å². The zero-order valence-electron chi connectivity index (χ0n) is 11.2. The fourth-order valence-electron chi connectivity index (χ4n) is 2.83. The third-order valence-electron chi connectivity index (χ3n) is 3.73. The lowest BCUT2D eigenvalue weighted by Crippen LogP contribution is -2.48. The molecule has 0 bridgehead atoms. The Balaban J connectivity index is 2.01. The average Bonchev–Trinajstić information content (AvgIpc) is 2.55. The lowest BCUT2D eigenvalue weighted by molar-refractivity contribution is 0.183. The number of likely N-dealkylation sites (tertiary alicyclic amines) is 1. The van der Waals surface area contributed by atoms with Crippen LogP contribution in [0.5, 0.6) is 0 Å². The molecule has 0 amide bonds. The van der Waals surface area contributed by atoms with Gasteiger partial charge in [-0.15, -0.1) is 0 Å². The van der Waals surface area contributed by atoms with Crippen molar-refractivity contribution < 1.29 is 8.42 Å². The number of nitrogens with zero attached hydrogens (tertiary/aromatic N) is 2. The molecule has 6 heteroatoms. The van der Waals surface area contributed by atoms with Crippen LogP contribution in [0.3, 0.4) is 0 Å². The van der Waals surface area contributed by atoms with Gasteiger partial charge in [-0.1, -0.05) is 6.42 Å². The van der Waals surface area contributed by atoms with Crippen LogP contribution in [0.4, 0.5) is 0 Å². The molecule has 2 aliphatic heterocycles. The van der Waals surface area contributed by atoms with Crippen LogP contribution in [0.25, 0.3) is 0 Å². The number of sulfonamides is 1. The molecule has 0 aromatic heterocycles. The largest absolute Gasteiger partial charge is 0.302 e. The molecule has 0 saturated carbocycles. The second kappa shape index (κ2) is 6.59. The van der Waals surface area contributed by atoms with E-state index in [2.05, 4.69) is 4.90 Å². The summed E-state index contributed by atoms with van der Waals surface area (Å²) in [5.41, 5.74) is 0. The summed E-state index contributed by atoms with van der Waals surface area (Å²) in [6.45, 7) is 3.89. The minimum atomic E-state index is -3.06. The van der Waals surface area contributed by atoms with E-state index in [0.717, 1.165) is 37.6 Å². The number of hydrogen-bond donors (Lipinski definition) is 0. The van der Waals surface area contributed by atoms with Crippen LogP contribution in [0.15, 0.2) is 0 Å². The van der Waals surface area contributed by atoms with Crippen molar-refractivity contribution in [2.45, 2.75) is 31.7 Å². The maximum Gasteiger partial charge on any atom is 0.211 e. The van der Waals surface area contributed by atoms with Crippen molar-refractivity contribution in [1.82, 2.24) is 9.21 Å². The lowest BCUT2D eigenvalue weighted by Gasteiger charge is -2.34. The third kappa shape index (κ3) is 4.11. The predicted octanol–water partition coefficient (Wildman–Crippen LogP) is 1.24. The summed E-state index contributed by atoms with van der Waals surface area (Å²) in [5, 5.41) is 0. The summed E-state index contributed by atoms with van der Waals surface area (Å²) < 4.78 is 25.5. The Morgan fingerprint density at radius 2 is 1.83 bits per heavy atom. The van der Waals surface area contributed by atoms with Gasteiger partial charge in [-0.3, -0.25) is 0 Å². The highest BCUT2D eigenvalue weighted by Gasteiger charge is 2.30. The number of thioether (sulfide) groups is 1. The molecule has 0 radical (unpaired) electrons. The number of rotatable bonds is 3. The van der Waals surface area contributed by atoms with Crippen molar-refractivity contribution >= 4 is 21.8 Å². The Bertz CT molecular complexity index is 353. The van der Waals surface area contributed by atoms with Gasteiger partial charge < -0.3 is 4.90 Å².